The summed E-state index contributed by atoms with van der Waals surface area (Å²) in [5.74, 6) is 0.341. The molecule has 0 aliphatic rings. The van der Waals surface area contributed by atoms with E-state index in [-0.39, 0.29) is 12.5 Å². The fourth-order valence-electron chi connectivity index (χ4n) is 1.72. The number of hydrazone groups is 1. The Morgan fingerprint density at radius 3 is 2.41 bits per heavy atom. The first-order valence-electron chi connectivity index (χ1n) is 6.83. The van der Waals surface area contributed by atoms with Gasteiger partial charge in [-0.25, -0.2) is 5.43 Å². The molecule has 0 aliphatic heterocycles. The molecular weight excluding hydrogens is 300 g/mol. The summed E-state index contributed by atoms with van der Waals surface area (Å²) in [6.45, 7) is 3.72. The third-order valence-corrected chi connectivity index (χ3v) is 3.25. The van der Waals surface area contributed by atoms with E-state index in [1.54, 1.807) is 12.1 Å². The number of halogens is 1. The van der Waals surface area contributed by atoms with E-state index >= 15 is 0 Å². The first-order chi connectivity index (χ1) is 10.5. The van der Waals surface area contributed by atoms with Crippen LogP contribution in [0.3, 0.4) is 0 Å². The molecule has 0 spiro atoms. The lowest BCUT2D eigenvalue weighted by molar-refractivity contribution is -0.123. The highest BCUT2D eigenvalue weighted by Crippen LogP contribution is 2.11. The number of benzene rings is 2. The van der Waals surface area contributed by atoms with Gasteiger partial charge in [-0.15, -0.1) is 0 Å². The average molecular weight is 317 g/mol. The van der Waals surface area contributed by atoms with Gasteiger partial charge in [-0.05, 0) is 43.7 Å². The molecule has 0 saturated heterocycles. The topological polar surface area (TPSA) is 50.7 Å². The van der Waals surface area contributed by atoms with E-state index in [2.05, 4.69) is 10.5 Å². The Morgan fingerprint density at radius 2 is 1.77 bits per heavy atom. The van der Waals surface area contributed by atoms with Crippen LogP contribution in [0, 0.1) is 6.92 Å². The first-order valence-corrected chi connectivity index (χ1v) is 7.21. The second kappa shape index (κ2) is 7.61. The van der Waals surface area contributed by atoms with Gasteiger partial charge in [0, 0.05) is 5.02 Å². The minimum Gasteiger partial charge on any atom is -0.484 e. The number of carbonyl (C=O) groups excluding carboxylic acids is 1. The predicted octanol–water partition coefficient (Wildman–Crippen LogP) is 3.57. The second-order valence-electron chi connectivity index (χ2n) is 4.84. The lowest BCUT2D eigenvalue weighted by atomic mass is 10.1. The molecule has 0 atom stereocenters. The van der Waals surface area contributed by atoms with Crippen molar-refractivity contribution in [3.05, 3.63) is 64.7 Å². The maximum Gasteiger partial charge on any atom is 0.277 e. The normalized spacial score (nSPS) is 11.1. The Balaban J connectivity index is 1.85. The molecule has 2 aromatic carbocycles. The molecular formula is C17H17ClN2O2. The van der Waals surface area contributed by atoms with Crippen molar-refractivity contribution >= 4 is 23.2 Å². The third kappa shape index (κ3) is 4.90. The van der Waals surface area contributed by atoms with Crippen molar-refractivity contribution in [2.24, 2.45) is 5.10 Å². The van der Waals surface area contributed by atoms with Gasteiger partial charge >= 0.3 is 0 Å². The summed E-state index contributed by atoms with van der Waals surface area (Å²) >= 11 is 5.83. The summed E-state index contributed by atoms with van der Waals surface area (Å²) in [7, 11) is 0. The van der Waals surface area contributed by atoms with Crippen molar-refractivity contribution in [2.45, 2.75) is 13.8 Å². The number of rotatable bonds is 5. The molecule has 0 fully saturated rings. The van der Waals surface area contributed by atoms with Gasteiger partial charge in [0.1, 0.15) is 5.75 Å². The van der Waals surface area contributed by atoms with E-state index in [1.165, 1.54) is 0 Å². The van der Waals surface area contributed by atoms with Gasteiger partial charge < -0.3 is 4.74 Å². The van der Waals surface area contributed by atoms with Gasteiger partial charge in [0.25, 0.3) is 5.91 Å². The van der Waals surface area contributed by atoms with Crippen LogP contribution >= 0.6 is 11.6 Å². The van der Waals surface area contributed by atoms with Crippen molar-refractivity contribution in [2.75, 3.05) is 6.61 Å². The number of hydrogen-bond acceptors (Lipinski definition) is 3. The van der Waals surface area contributed by atoms with E-state index in [4.69, 9.17) is 16.3 Å². The summed E-state index contributed by atoms with van der Waals surface area (Å²) in [6, 6.07) is 14.7. The number of ether oxygens (including phenoxy) is 1. The van der Waals surface area contributed by atoms with Crippen LogP contribution < -0.4 is 10.2 Å². The van der Waals surface area contributed by atoms with Gasteiger partial charge in [0.2, 0.25) is 0 Å². The zero-order valence-corrected chi connectivity index (χ0v) is 13.2. The zero-order valence-electron chi connectivity index (χ0n) is 12.5. The van der Waals surface area contributed by atoms with Crippen molar-refractivity contribution in [1.29, 1.82) is 0 Å². The van der Waals surface area contributed by atoms with Gasteiger partial charge in [-0.3, -0.25) is 4.79 Å². The van der Waals surface area contributed by atoms with Gasteiger partial charge in [0.15, 0.2) is 6.61 Å². The molecule has 0 bridgehead atoms. The van der Waals surface area contributed by atoms with Crippen molar-refractivity contribution in [3.63, 3.8) is 0 Å². The molecule has 5 heteroatoms. The smallest absolute Gasteiger partial charge is 0.277 e. The van der Waals surface area contributed by atoms with E-state index in [1.807, 2.05) is 50.2 Å². The summed E-state index contributed by atoms with van der Waals surface area (Å²) in [6.07, 6.45) is 0. The monoisotopic (exact) mass is 316 g/mol. The van der Waals surface area contributed by atoms with Crippen molar-refractivity contribution in [3.8, 4) is 5.75 Å². The lowest BCUT2D eigenvalue weighted by Crippen LogP contribution is -2.25. The van der Waals surface area contributed by atoms with Gasteiger partial charge in [0.05, 0.1) is 5.71 Å². The Bertz CT molecular complexity index is 664. The van der Waals surface area contributed by atoms with Crippen LogP contribution in [0.5, 0.6) is 5.75 Å². The zero-order chi connectivity index (χ0) is 15.9. The van der Waals surface area contributed by atoms with E-state index in [0.717, 1.165) is 11.1 Å². The molecule has 0 saturated carbocycles. The lowest BCUT2D eigenvalue weighted by Gasteiger charge is -2.06. The van der Waals surface area contributed by atoms with E-state index < -0.39 is 0 Å². The molecule has 0 heterocycles. The molecule has 1 amide bonds. The SMILES string of the molecule is CC(=NNC(=O)COc1ccc(C)cc1)c1ccc(Cl)cc1. The number of hydrogen-bond donors (Lipinski definition) is 1. The van der Waals surface area contributed by atoms with Crippen LogP contribution in [0.2, 0.25) is 5.02 Å². The van der Waals surface area contributed by atoms with Crippen LogP contribution in [0.15, 0.2) is 53.6 Å². The summed E-state index contributed by atoms with van der Waals surface area (Å²) < 4.78 is 5.38. The predicted molar refractivity (Wildman–Crippen MR) is 88.5 cm³/mol. The maximum absolute atomic E-state index is 11.7. The highest BCUT2D eigenvalue weighted by molar-refractivity contribution is 6.30. The third-order valence-electron chi connectivity index (χ3n) is 3.00. The Labute approximate surface area is 134 Å². The second-order valence-corrected chi connectivity index (χ2v) is 5.28. The number of nitrogens with zero attached hydrogens (tertiary/aromatic N) is 1. The largest absolute Gasteiger partial charge is 0.484 e. The maximum atomic E-state index is 11.7. The minimum atomic E-state index is -0.311. The Hall–Kier alpha value is -2.33. The quantitative estimate of drug-likeness (QED) is 0.677. The molecule has 0 unspecified atom stereocenters. The summed E-state index contributed by atoms with van der Waals surface area (Å²) in [5, 5.41) is 4.70. The molecule has 22 heavy (non-hydrogen) atoms. The fourth-order valence-corrected chi connectivity index (χ4v) is 1.84. The van der Waals surface area contributed by atoms with Crippen molar-refractivity contribution in [1.82, 2.24) is 5.43 Å². The van der Waals surface area contributed by atoms with E-state index in [9.17, 15) is 4.79 Å². The highest BCUT2D eigenvalue weighted by Gasteiger charge is 2.03. The molecule has 0 aromatic heterocycles. The molecule has 2 aromatic rings. The highest BCUT2D eigenvalue weighted by atomic mass is 35.5. The molecule has 4 nitrogen and oxygen atoms in total. The van der Waals surface area contributed by atoms with Gasteiger partial charge in [-0.2, -0.15) is 5.10 Å². The average Bonchev–Trinajstić information content (AvgIpc) is 2.52. The Kier molecular flexibility index (Phi) is 5.55. The first kappa shape index (κ1) is 16.0. The van der Waals surface area contributed by atoms with Gasteiger partial charge in [-0.1, -0.05) is 41.4 Å². The number of aryl methyl sites for hydroxylation is 1. The molecule has 1 N–H and O–H groups in total. The molecule has 114 valence electrons. The summed E-state index contributed by atoms with van der Waals surface area (Å²) in [4.78, 5) is 11.7. The van der Waals surface area contributed by atoms with Crippen LogP contribution in [-0.2, 0) is 4.79 Å². The van der Waals surface area contributed by atoms with Crippen LogP contribution in [0.25, 0.3) is 0 Å². The number of carbonyl (C=O) groups is 1. The standard InChI is InChI=1S/C17H17ClN2O2/c1-12-3-9-16(10-4-12)22-11-17(21)20-19-13(2)14-5-7-15(18)8-6-14/h3-10H,11H2,1-2H3,(H,20,21). The Morgan fingerprint density at radius 1 is 1.14 bits per heavy atom. The minimum absolute atomic E-state index is 0.0829. The fraction of sp³-hybridized carbons (Fsp3) is 0.176. The van der Waals surface area contributed by atoms with E-state index in [0.29, 0.717) is 16.5 Å². The summed E-state index contributed by atoms with van der Waals surface area (Å²) in [5.41, 5.74) is 5.19. The van der Waals surface area contributed by atoms with Crippen LogP contribution in [0.1, 0.15) is 18.1 Å². The number of amides is 1. The van der Waals surface area contributed by atoms with Crippen molar-refractivity contribution < 1.29 is 9.53 Å². The molecule has 2 rings (SSSR count). The molecule has 0 radical (unpaired) electrons. The number of nitrogens with one attached hydrogen (secondary N) is 1. The van der Waals surface area contributed by atoms with Crippen LogP contribution in [0.4, 0.5) is 0 Å². The van der Waals surface area contributed by atoms with Crippen LogP contribution in [-0.4, -0.2) is 18.2 Å². The molecule has 0 aliphatic carbocycles.